The molecule has 0 aliphatic heterocycles. The highest BCUT2D eigenvalue weighted by Crippen LogP contribution is 2.12. The molecule has 0 N–H and O–H groups in total. The minimum absolute atomic E-state index is 0.231. The molecule has 0 aromatic heterocycles. The Morgan fingerprint density at radius 3 is 2.50 bits per heavy atom. The Hall–Kier alpha value is -0.830. The molecule has 0 aliphatic rings. The first-order valence-corrected chi connectivity index (χ1v) is 5.32. The van der Waals surface area contributed by atoms with E-state index in [2.05, 4.69) is 20.7 Å². The van der Waals surface area contributed by atoms with E-state index in [0.29, 0.717) is 6.42 Å². The Morgan fingerprint density at radius 2 is 2.00 bits per heavy atom. The summed E-state index contributed by atoms with van der Waals surface area (Å²) in [6.07, 6.45) is 0.660. The summed E-state index contributed by atoms with van der Waals surface area (Å²) >= 11 is 3.28. The van der Waals surface area contributed by atoms with Gasteiger partial charge in [-0.2, -0.15) is 0 Å². The van der Waals surface area contributed by atoms with Crippen molar-refractivity contribution < 1.29 is 9.53 Å². The predicted molar refractivity (Wildman–Crippen MR) is 59.6 cm³/mol. The molecule has 3 heteroatoms. The van der Waals surface area contributed by atoms with Gasteiger partial charge in [-0.3, -0.25) is 4.79 Å². The highest BCUT2D eigenvalue weighted by atomic mass is 79.9. The van der Waals surface area contributed by atoms with Crippen LogP contribution in [0.5, 0.6) is 0 Å². The highest BCUT2D eigenvalue weighted by molar-refractivity contribution is 9.10. The van der Waals surface area contributed by atoms with Gasteiger partial charge in [0.2, 0.25) is 0 Å². The molecule has 1 unspecified atom stereocenters. The molecule has 0 aliphatic carbocycles. The van der Waals surface area contributed by atoms with Gasteiger partial charge >= 0.3 is 5.97 Å². The van der Waals surface area contributed by atoms with E-state index in [1.54, 1.807) is 0 Å². The molecule has 0 fully saturated rings. The maximum atomic E-state index is 11.1. The molecule has 0 saturated heterocycles. The SMILES string of the molecule is COC(=O)C(Br)Cc1ccc(C)cc1. The third-order valence-electron chi connectivity index (χ3n) is 1.99. The minimum Gasteiger partial charge on any atom is -0.468 e. The molecule has 1 atom stereocenters. The zero-order chi connectivity index (χ0) is 10.6. The van der Waals surface area contributed by atoms with Crippen LogP contribution in [0.2, 0.25) is 0 Å². The predicted octanol–water partition coefficient (Wildman–Crippen LogP) is 2.47. The molecular formula is C11H13BrO2. The summed E-state index contributed by atoms with van der Waals surface area (Å²) in [5.74, 6) is -0.231. The van der Waals surface area contributed by atoms with Crippen molar-refractivity contribution in [3.8, 4) is 0 Å². The van der Waals surface area contributed by atoms with Crippen LogP contribution in [0, 0.1) is 6.92 Å². The number of carbonyl (C=O) groups is 1. The van der Waals surface area contributed by atoms with Crippen LogP contribution >= 0.6 is 15.9 Å². The van der Waals surface area contributed by atoms with Crippen LogP contribution in [0.1, 0.15) is 11.1 Å². The lowest BCUT2D eigenvalue weighted by atomic mass is 10.1. The number of esters is 1. The standard InChI is InChI=1S/C11H13BrO2/c1-8-3-5-9(6-4-8)7-10(12)11(13)14-2/h3-6,10H,7H2,1-2H3. The molecule has 0 bridgehead atoms. The van der Waals surface area contributed by atoms with Crippen molar-refractivity contribution in [2.75, 3.05) is 7.11 Å². The first kappa shape index (κ1) is 11.2. The third kappa shape index (κ3) is 3.14. The average Bonchev–Trinajstić information content (AvgIpc) is 2.20. The summed E-state index contributed by atoms with van der Waals surface area (Å²) < 4.78 is 4.62. The van der Waals surface area contributed by atoms with Crippen molar-refractivity contribution in [2.24, 2.45) is 0 Å². The van der Waals surface area contributed by atoms with Crippen molar-refractivity contribution in [3.05, 3.63) is 35.4 Å². The summed E-state index contributed by atoms with van der Waals surface area (Å²) in [6.45, 7) is 2.04. The number of carbonyl (C=O) groups excluding carboxylic acids is 1. The van der Waals surface area contributed by atoms with Crippen LogP contribution in [-0.2, 0) is 16.0 Å². The number of alkyl halides is 1. The van der Waals surface area contributed by atoms with Crippen molar-refractivity contribution in [3.63, 3.8) is 0 Å². The number of halogens is 1. The molecule has 76 valence electrons. The first-order valence-electron chi connectivity index (χ1n) is 4.41. The van der Waals surface area contributed by atoms with Gasteiger partial charge in [0.05, 0.1) is 7.11 Å². The number of methoxy groups -OCH3 is 1. The first-order chi connectivity index (χ1) is 6.63. The lowest BCUT2D eigenvalue weighted by Crippen LogP contribution is -2.17. The van der Waals surface area contributed by atoms with Gasteiger partial charge < -0.3 is 4.74 Å². The number of benzene rings is 1. The fourth-order valence-electron chi connectivity index (χ4n) is 1.14. The van der Waals surface area contributed by atoms with Crippen molar-refractivity contribution in [2.45, 2.75) is 18.2 Å². The van der Waals surface area contributed by atoms with E-state index >= 15 is 0 Å². The maximum Gasteiger partial charge on any atom is 0.319 e. The summed E-state index contributed by atoms with van der Waals surface area (Å²) in [5.41, 5.74) is 2.35. The van der Waals surface area contributed by atoms with Crippen LogP contribution < -0.4 is 0 Å². The smallest absolute Gasteiger partial charge is 0.319 e. The summed E-state index contributed by atoms with van der Waals surface area (Å²) in [4.78, 5) is 10.9. The Balaban J connectivity index is 2.60. The Labute approximate surface area is 92.4 Å². The molecule has 0 amide bonds. The van der Waals surface area contributed by atoms with Crippen molar-refractivity contribution in [1.82, 2.24) is 0 Å². The number of aryl methyl sites for hydroxylation is 1. The largest absolute Gasteiger partial charge is 0.468 e. The van der Waals surface area contributed by atoms with Gasteiger partial charge in [0.1, 0.15) is 4.83 Å². The molecule has 1 aromatic carbocycles. The minimum atomic E-state index is -0.254. The zero-order valence-corrected chi connectivity index (χ0v) is 9.87. The highest BCUT2D eigenvalue weighted by Gasteiger charge is 2.15. The van der Waals surface area contributed by atoms with Gasteiger partial charge in [0.25, 0.3) is 0 Å². The molecule has 0 heterocycles. The number of rotatable bonds is 3. The van der Waals surface area contributed by atoms with Crippen LogP contribution in [0.15, 0.2) is 24.3 Å². The van der Waals surface area contributed by atoms with Crippen LogP contribution in [0.4, 0.5) is 0 Å². The van der Waals surface area contributed by atoms with Crippen molar-refractivity contribution >= 4 is 21.9 Å². The monoisotopic (exact) mass is 256 g/mol. The molecule has 0 spiro atoms. The van der Waals surface area contributed by atoms with Crippen LogP contribution in [0.25, 0.3) is 0 Å². The second-order valence-corrected chi connectivity index (χ2v) is 4.29. The number of ether oxygens (including phenoxy) is 1. The molecule has 14 heavy (non-hydrogen) atoms. The van der Waals surface area contributed by atoms with Crippen molar-refractivity contribution in [1.29, 1.82) is 0 Å². The van der Waals surface area contributed by atoms with E-state index in [4.69, 9.17) is 0 Å². The zero-order valence-electron chi connectivity index (χ0n) is 8.29. The maximum absolute atomic E-state index is 11.1. The lowest BCUT2D eigenvalue weighted by Gasteiger charge is -2.07. The average molecular weight is 257 g/mol. The summed E-state index contributed by atoms with van der Waals surface area (Å²) in [7, 11) is 1.39. The van der Waals surface area contributed by atoms with E-state index < -0.39 is 0 Å². The van der Waals surface area contributed by atoms with E-state index in [0.717, 1.165) is 5.56 Å². The molecule has 0 radical (unpaired) electrons. The Kier molecular flexibility index (Phi) is 4.14. The van der Waals surface area contributed by atoms with Crippen LogP contribution in [-0.4, -0.2) is 17.9 Å². The van der Waals surface area contributed by atoms with Gasteiger partial charge in [0.15, 0.2) is 0 Å². The quantitative estimate of drug-likeness (QED) is 0.614. The van der Waals surface area contributed by atoms with E-state index in [1.807, 2.05) is 31.2 Å². The molecular weight excluding hydrogens is 244 g/mol. The lowest BCUT2D eigenvalue weighted by molar-refractivity contribution is -0.139. The van der Waals surface area contributed by atoms with E-state index in [1.165, 1.54) is 12.7 Å². The van der Waals surface area contributed by atoms with Gasteiger partial charge in [-0.05, 0) is 18.9 Å². The van der Waals surface area contributed by atoms with Gasteiger partial charge in [-0.1, -0.05) is 45.8 Å². The van der Waals surface area contributed by atoms with E-state index in [-0.39, 0.29) is 10.8 Å². The van der Waals surface area contributed by atoms with Gasteiger partial charge in [0, 0.05) is 0 Å². The summed E-state index contributed by atoms with van der Waals surface area (Å²) in [5, 5.41) is 0. The second-order valence-electron chi connectivity index (χ2n) is 3.18. The molecule has 1 rings (SSSR count). The Morgan fingerprint density at radius 1 is 1.43 bits per heavy atom. The number of hydrogen-bond acceptors (Lipinski definition) is 2. The fourth-order valence-corrected chi connectivity index (χ4v) is 1.70. The summed E-state index contributed by atoms with van der Waals surface area (Å²) in [6, 6.07) is 8.11. The Bertz CT molecular complexity index is 306. The number of hydrogen-bond donors (Lipinski definition) is 0. The van der Waals surface area contributed by atoms with Gasteiger partial charge in [-0.15, -0.1) is 0 Å². The topological polar surface area (TPSA) is 26.3 Å². The molecule has 1 aromatic rings. The van der Waals surface area contributed by atoms with Crippen LogP contribution in [0.3, 0.4) is 0 Å². The van der Waals surface area contributed by atoms with E-state index in [9.17, 15) is 4.79 Å². The third-order valence-corrected chi connectivity index (χ3v) is 2.69. The second kappa shape index (κ2) is 5.15. The van der Waals surface area contributed by atoms with Gasteiger partial charge in [-0.25, -0.2) is 0 Å². The molecule has 2 nitrogen and oxygen atoms in total. The fraction of sp³-hybridized carbons (Fsp3) is 0.364. The normalized spacial score (nSPS) is 12.2. The molecule has 0 saturated carbocycles.